The molecule has 0 fully saturated rings. The Hall–Kier alpha value is -0.980. The van der Waals surface area contributed by atoms with Crippen molar-refractivity contribution in [2.75, 3.05) is 29.4 Å². The minimum absolute atomic E-state index is 0.406. The zero-order valence-electron chi connectivity index (χ0n) is 11.3. The fraction of sp³-hybridized carbons (Fsp3) is 0.308. The second kappa shape index (κ2) is 7.71. The van der Waals surface area contributed by atoms with E-state index in [0.29, 0.717) is 11.0 Å². The van der Waals surface area contributed by atoms with Gasteiger partial charge in [0, 0.05) is 22.3 Å². The summed E-state index contributed by atoms with van der Waals surface area (Å²) < 4.78 is 0. The lowest BCUT2D eigenvalue weighted by atomic mass is 10.2. The molecular weight excluding hydrogens is 312 g/mol. The quantitative estimate of drug-likeness (QED) is 0.646. The van der Waals surface area contributed by atoms with E-state index in [1.807, 2.05) is 24.3 Å². The fourth-order valence-electron chi connectivity index (χ4n) is 1.73. The Morgan fingerprint density at radius 3 is 2.45 bits per heavy atom. The predicted molar refractivity (Wildman–Crippen MR) is 92.4 cm³/mol. The summed E-state index contributed by atoms with van der Waals surface area (Å²) >= 11 is 9.55. The average molecular weight is 327 g/mol. The van der Waals surface area contributed by atoms with Crippen LogP contribution in [-0.2, 0) is 0 Å². The number of aromatic nitrogens is 2. The summed E-state index contributed by atoms with van der Waals surface area (Å²) in [6.45, 7) is 0. The molecule has 0 spiro atoms. The number of hydrogen-bond acceptors (Lipinski definition) is 6. The largest absolute Gasteiger partial charge is 0.259 e. The number of nitrogens with zero attached hydrogens (tertiary/aromatic N) is 3. The van der Waals surface area contributed by atoms with Gasteiger partial charge in [0.05, 0.1) is 5.71 Å². The van der Waals surface area contributed by atoms with Crippen molar-refractivity contribution in [3.05, 3.63) is 29.4 Å². The zero-order valence-corrected chi connectivity index (χ0v) is 13.6. The van der Waals surface area contributed by atoms with Crippen molar-refractivity contribution in [1.29, 1.82) is 0 Å². The highest BCUT2D eigenvalue weighted by Gasteiger charge is 2.07. The minimum Gasteiger partial charge on any atom is -0.259 e. The van der Waals surface area contributed by atoms with Crippen molar-refractivity contribution in [2.24, 2.45) is 5.10 Å². The maximum absolute atomic E-state index is 6.05. The molecule has 20 heavy (non-hydrogen) atoms. The van der Waals surface area contributed by atoms with Gasteiger partial charge in [0.15, 0.2) is 11.0 Å². The van der Waals surface area contributed by atoms with Crippen LogP contribution in [-0.4, -0.2) is 39.9 Å². The van der Waals surface area contributed by atoms with Crippen LogP contribution in [0, 0.1) is 0 Å². The highest BCUT2D eigenvalue weighted by atomic mass is 35.5. The standard InChI is InChI=1S/C13H15ClN4S2/c1-19-7-9(8-20-2)15-17-13-11-6-4-3-5-10(11)12(14)16-18-13/h3-6H,7-8H2,1-2H3,(H,17,18). The molecule has 1 N–H and O–H groups in total. The van der Waals surface area contributed by atoms with E-state index in [1.165, 1.54) is 0 Å². The highest BCUT2D eigenvalue weighted by Crippen LogP contribution is 2.25. The highest BCUT2D eigenvalue weighted by molar-refractivity contribution is 8.00. The topological polar surface area (TPSA) is 50.2 Å². The van der Waals surface area contributed by atoms with E-state index in [2.05, 4.69) is 33.2 Å². The number of anilines is 1. The van der Waals surface area contributed by atoms with Crippen molar-refractivity contribution < 1.29 is 0 Å². The number of hydrogen-bond donors (Lipinski definition) is 1. The number of nitrogens with one attached hydrogen (secondary N) is 1. The molecule has 0 aliphatic carbocycles. The Bertz CT molecular complexity index is 610. The van der Waals surface area contributed by atoms with Gasteiger partial charge in [-0.15, -0.1) is 10.2 Å². The summed E-state index contributed by atoms with van der Waals surface area (Å²) in [5, 5.41) is 14.7. The van der Waals surface area contributed by atoms with Crippen LogP contribution in [0.5, 0.6) is 0 Å². The van der Waals surface area contributed by atoms with E-state index in [4.69, 9.17) is 11.6 Å². The number of rotatable bonds is 6. The summed E-state index contributed by atoms with van der Waals surface area (Å²) in [5.74, 6) is 2.42. The van der Waals surface area contributed by atoms with Crippen LogP contribution in [0.3, 0.4) is 0 Å². The molecule has 0 bridgehead atoms. The Labute approximate surface area is 131 Å². The van der Waals surface area contributed by atoms with Gasteiger partial charge in [-0.25, -0.2) is 0 Å². The first kappa shape index (κ1) is 15.4. The molecular formula is C13H15ClN4S2. The SMILES string of the molecule is CSCC(CSC)=NNc1nnc(Cl)c2ccccc12. The lowest BCUT2D eigenvalue weighted by Crippen LogP contribution is -2.09. The molecule has 1 aromatic heterocycles. The summed E-state index contributed by atoms with van der Waals surface area (Å²) in [6.07, 6.45) is 4.13. The van der Waals surface area contributed by atoms with Gasteiger partial charge in [-0.1, -0.05) is 35.9 Å². The molecule has 7 heteroatoms. The van der Waals surface area contributed by atoms with Crippen molar-refractivity contribution in [3.63, 3.8) is 0 Å². The molecule has 0 radical (unpaired) electrons. The fourth-order valence-corrected chi connectivity index (χ4v) is 3.06. The van der Waals surface area contributed by atoms with Gasteiger partial charge in [0.1, 0.15) is 0 Å². The summed E-state index contributed by atoms with van der Waals surface area (Å²) in [4.78, 5) is 0. The lowest BCUT2D eigenvalue weighted by molar-refractivity contribution is 1.04. The molecule has 4 nitrogen and oxygen atoms in total. The lowest BCUT2D eigenvalue weighted by Gasteiger charge is -2.07. The number of fused-ring (bicyclic) bond motifs is 1. The molecule has 2 rings (SSSR count). The van der Waals surface area contributed by atoms with Crippen molar-refractivity contribution >= 4 is 57.4 Å². The molecule has 106 valence electrons. The number of hydrazone groups is 1. The second-order valence-electron chi connectivity index (χ2n) is 4.04. The predicted octanol–water partition coefficient (Wildman–Crippen LogP) is 3.78. The van der Waals surface area contributed by atoms with Crippen LogP contribution in [0.4, 0.5) is 5.82 Å². The molecule has 0 aliphatic heterocycles. The van der Waals surface area contributed by atoms with E-state index >= 15 is 0 Å². The van der Waals surface area contributed by atoms with Crippen LogP contribution < -0.4 is 5.43 Å². The molecule has 1 aromatic carbocycles. The summed E-state index contributed by atoms with van der Waals surface area (Å²) in [7, 11) is 0. The van der Waals surface area contributed by atoms with E-state index in [-0.39, 0.29) is 0 Å². The first-order valence-electron chi connectivity index (χ1n) is 5.96. The van der Waals surface area contributed by atoms with E-state index < -0.39 is 0 Å². The van der Waals surface area contributed by atoms with Gasteiger partial charge in [-0.05, 0) is 12.5 Å². The average Bonchev–Trinajstić information content (AvgIpc) is 2.47. The van der Waals surface area contributed by atoms with Crippen molar-refractivity contribution in [2.45, 2.75) is 0 Å². The molecule has 0 atom stereocenters. The van der Waals surface area contributed by atoms with Crippen LogP contribution >= 0.6 is 35.1 Å². The Kier molecular flexibility index (Phi) is 5.94. The smallest absolute Gasteiger partial charge is 0.176 e. The molecule has 2 aromatic rings. The number of benzene rings is 1. The van der Waals surface area contributed by atoms with Gasteiger partial charge in [0.25, 0.3) is 0 Å². The third-order valence-corrected chi connectivity index (χ3v) is 4.11. The normalized spacial score (nSPS) is 10.6. The maximum Gasteiger partial charge on any atom is 0.176 e. The van der Waals surface area contributed by atoms with Gasteiger partial charge >= 0.3 is 0 Å². The number of thioether (sulfide) groups is 2. The summed E-state index contributed by atoms with van der Waals surface area (Å²) in [5.41, 5.74) is 4.10. The third-order valence-electron chi connectivity index (χ3n) is 2.58. The van der Waals surface area contributed by atoms with Crippen LogP contribution in [0.15, 0.2) is 29.4 Å². The second-order valence-corrected chi connectivity index (χ2v) is 6.13. The zero-order chi connectivity index (χ0) is 14.4. The molecule has 0 amide bonds. The van der Waals surface area contributed by atoms with E-state index in [9.17, 15) is 0 Å². The molecule has 0 aliphatic rings. The minimum atomic E-state index is 0.406. The van der Waals surface area contributed by atoms with Gasteiger partial charge in [0.2, 0.25) is 0 Å². The van der Waals surface area contributed by atoms with Crippen molar-refractivity contribution in [1.82, 2.24) is 10.2 Å². The van der Waals surface area contributed by atoms with Crippen LogP contribution in [0.1, 0.15) is 0 Å². The molecule has 0 saturated carbocycles. The van der Waals surface area contributed by atoms with Crippen LogP contribution in [0.25, 0.3) is 10.8 Å². The van der Waals surface area contributed by atoms with E-state index in [0.717, 1.165) is 28.0 Å². The maximum atomic E-state index is 6.05. The van der Waals surface area contributed by atoms with Crippen molar-refractivity contribution in [3.8, 4) is 0 Å². The third kappa shape index (κ3) is 3.77. The number of halogens is 1. The first-order chi connectivity index (χ1) is 9.76. The van der Waals surface area contributed by atoms with E-state index in [1.54, 1.807) is 23.5 Å². The monoisotopic (exact) mass is 326 g/mol. The van der Waals surface area contributed by atoms with Gasteiger partial charge < -0.3 is 0 Å². The van der Waals surface area contributed by atoms with Crippen LogP contribution in [0.2, 0.25) is 5.15 Å². The van der Waals surface area contributed by atoms with Gasteiger partial charge in [-0.2, -0.15) is 28.6 Å². The molecule has 1 heterocycles. The molecule has 0 saturated heterocycles. The Balaban J connectivity index is 2.29. The first-order valence-corrected chi connectivity index (χ1v) is 9.13. The van der Waals surface area contributed by atoms with Gasteiger partial charge in [-0.3, -0.25) is 5.43 Å². The summed E-state index contributed by atoms with van der Waals surface area (Å²) in [6, 6.07) is 7.75. The Morgan fingerprint density at radius 2 is 1.80 bits per heavy atom. The Morgan fingerprint density at radius 1 is 1.15 bits per heavy atom. The molecule has 0 unspecified atom stereocenters.